The van der Waals surface area contributed by atoms with Gasteiger partial charge in [-0.15, -0.1) is 11.8 Å². The zero-order valence-corrected chi connectivity index (χ0v) is 14.5. The van der Waals surface area contributed by atoms with Crippen molar-refractivity contribution in [2.24, 2.45) is 4.99 Å². The number of nitro benzene ring substituents is 1. The number of benzene rings is 1. The molecule has 136 valence electrons. The third-order valence-electron chi connectivity index (χ3n) is 2.73. The van der Waals surface area contributed by atoms with Gasteiger partial charge in [-0.05, 0) is 17.9 Å². The summed E-state index contributed by atoms with van der Waals surface area (Å²) in [5, 5.41) is 24.8. The molecule has 0 spiro atoms. The summed E-state index contributed by atoms with van der Waals surface area (Å²) in [5.74, 6) is -0.430. The fraction of sp³-hybridized carbons (Fsp3) is 0.357. The van der Waals surface area contributed by atoms with Gasteiger partial charge in [0.1, 0.15) is 5.69 Å². The molecule has 11 heteroatoms. The normalized spacial score (nSPS) is 10.9. The summed E-state index contributed by atoms with van der Waals surface area (Å²) in [6.07, 6.45) is -1.11. The summed E-state index contributed by atoms with van der Waals surface area (Å²) >= 11 is 1.48. The van der Waals surface area contributed by atoms with E-state index in [1.54, 1.807) is 12.1 Å². The van der Waals surface area contributed by atoms with Gasteiger partial charge in [0.05, 0.1) is 25.0 Å². The number of thioether (sulfide) groups is 1. The highest BCUT2D eigenvalue weighted by molar-refractivity contribution is 7.99. The zero-order chi connectivity index (χ0) is 18.8. The SMILES string of the molecule is CCSc1ccc([N+](=O)[O-])c(N/C(=N/CCC(=O)O)NC(=O)OC)c1. The predicted molar refractivity (Wildman–Crippen MR) is 93.2 cm³/mol. The molecule has 0 heterocycles. The highest BCUT2D eigenvalue weighted by Gasteiger charge is 2.17. The molecule has 1 rings (SSSR count). The maximum absolute atomic E-state index is 11.4. The van der Waals surface area contributed by atoms with Gasteiger partial charge >= 0.3 is 12.1 Å². The van der Waals surface area contributed by atoms with Gasteiger partial charge in [-0.2, -0.15) is 0 Å². The van der Waals surface area contributed by atoms with E-state index >= 15 is 0 Å². The number of methoxy groups -OCH3 is 1. The standard InChI is InChI=1S/C14H18N4O6S/c1-3-25-9-4-5-11(18(22)23)10(8-9)16-13(17-14(21)24-2)15-7-6-12(19)20/h4-5,8H,3,6-7H2,1-2H3,(H,19,20)(H2,15,16,17,21). The van der Waals surface area contributed by atoms with Crippen LogP contribution < -0.4 is 10.6 Å². The highest BCUT2D eigenvalue weighted by atomic mass is 32.2. The second-order valence-corrected chi connectivity index (χ2v) is 5.82. The van der Waals surface area contributed by atoms with Crippen LogP contribution in [-0.2, 0) is 9.53 Å². The van der Waals surface area contributed by atoms with Crippen molar-refractivity contribution < 1.29 is 24.4 Å². The monoisotopic (exact) mass is 370 g/mol. The predicted octanol–water partition coefficient (Wildman–Crippen LogP) is 2.31. The van der Waals surface area contributed by atoms with Crippen molar-refractivity contribution >= 4 is 41.2 Å². The Balaban J connectivity index is 3.11. The number of aliphatic imine (C=N–C) groups is 1. The molecule has 0 atom stereocenters. The second-order valence-electron chi connectivity index (χ2n) is 4.48. The lowest BCUT2D eigenvalue weighted by molar-refractivity contribution is -0.383. The van der Waals surface area contributed by atoms with Crippen LogP contribution in [0.2, 0.25) is 0 Å². The number of nitrogens with zero attached hydrogens (tertiary/aromatic N) is 2. The molecule has 0 aliphatic carbocycles. The third kappa shape index (κ3) is 7.08. The van der Waals surface area contributed by atoms with Crippen LogP contribution in [0.4, 0.5) is 16.2 Å². The fourth-order valence-electron chi connectivity index (χ4n) is 1.68. The van der Waals surface area contributed by atoms with Gasteiger partial charge in [-0.1, -0.05) is 6.92 Å². The number of nitro groups is 1. The largest absolute Gasteiger partial charge is 0.481 e. The van der Waals surface area contributed by atoms with Gasteiger partial charge in [-0.3, -0.25) is 25.2 Å². The number of carbonyl (C=O) groups is 2. The lowest BCUT2D eigenvalue weighted by Gasteiger charge is -2.12. The number of nitrogens with one attached hydrogen (secondary N) is 2. The van der Waals surface area contributed by atoms with E-state index in [2.05, 4.69) is 20.4 Å². The number of anilines is 1. The van der Waals surface area contributed by atoms with Gasteiger partial charge in [0, 0.05) is 11.0 Å². The van der Waals surface area contributed by atoms with Gasteiger partial charge in [0.2, 0.25) is 5.96 Å². The topological polar surface area (TPSA) is 143 Å². The van der Waals surface area contributed by atoms with Crippen LogP contribution >= 0.6 is 11.8 Å². The molecule has 0 saturated heterocycles. The molecule has 0 saturated carbocycles. The van der Waals surface area contributed by atoms with Crippen LogP contribution in [0.5, 0.6) is 0 Å². The van der Waals surface area contributed by atoms with E-state index in [1.807, 2.05) is 6.92 Å². The molecule has 25 heavy (non-hydrogen) atoms. The molecule has 0 aliphatic heterocycles. The molecule has 3 N–H and O–H groups in total. The first-order valence-electron chi connectivity index (χ1n) is 7.16. The number of hydrogen-bond acceptors (Lipinski definition) is 7. The summed E-state index contributed by atoms with van der Waals surface area (Å²) in [4.78, 5) is 37.3. The van der Waals surface area contributed by atoms with Gasteiger partial charge in [-0.25, -0.2) is 4.79 Å². The van der Waals surface area contributed by atoms with E-state index in [0.717, 1.165) is 17.8 Å². The molecule has 1 aromatic carbocycles. The van der Waals surface area contributed by atoms with E-state index < -0.39 is 17.0 Å². The Labute approximate surface area is 147 Å². The minimum atomic E-state index is -1.06. The van der Waals surface area contributed by atoms with Crippen molar-refractivity contribution in [1.82, 2.24) is 5.32 Å². The van der Waals surface area contributed by atoms with Crippen molar-refractivity contribution in [2.75, 3.05) is 24.7 Å². The van der Waals surface area contributed by atoms with Gasteiger partial charge in [0.25, 0.3) is 5.69 Å². The van der Waals surface area contributed by atoms with Crippen molar-refractivity contribution in [3.05, 3.63) is 28.3 Å². The van der Waals surface area contributed by atoms with Crippen LogP contribution in [-0.4, -0.2) is 47.5 Å². The minimum absolute atomic E-state index is 0.119. The summed E-state index contributed by atoms with van der Waals surface area (Å²) < 4.78 is 4.46. The van der Waals surface area contributed by atoms with E-state index in [1.165, 1.54) is 17.8 Å². The van der Waals surface area contributed by atoms with Crippen LogP contribution in [0.25, 0.3) is 0 Å². The van der Waals surface area contributed by atoms with Crippen molar-refractivity contribution in [3.8, 4) is 0 Å². The quantitative estimate of drug-likeness (QED) is 0.218. The first-order chi connectivity index (χ1) is 11.9. The zero-order valence-electron chi connectivity index (χ0n) is 13.6. The highest BCUT2D eigenvalue weighted by Crippen LogP contribution is 2.30. The molecule has 0 aromatic heterocycles. The first-order valence-corrected chi connectivity index (χ1v) is 8.15. The molecule has 0 bridgehead atoms. The fourth-order valence-corrected chi connectivity index (χ4v) is 2.38. The number of guanidine groups is 1. The Morgan fingerprint density at radius 1 is 1.44 bits per heavy atom. The molecule has 0 radical (unpaired) electrons. The Hall–Kier alpha value is -2.82. The van der Waals surface area contributed by atoms with E-state index in [4.69, 9.17) is 5.11 Å². The number of amides is 1. The number of alkyl carbamates (subject to hydrolysis) is 1. The summed E-state index contributed by atoms with van der Waals surface area (Å²) in [7, 11) is 1.14. The number of carbonyl (C=O) groups excluding carboxylic acids is 1. The van der Waals surface area contributed by atoms with Crippen molar-refractivity contribution in [1.29, 1.82) is 0 Å². The molecule has 1 amide bonds. The Kier molecular flexibility index (Phi) is 8.19. The molecule has 10 nitrogen and oxygen atoms in total. The lowest BCUT2D eigenvalue weighted by atomic mass is 10.2. The van der Waals surface area contributed by atoms with E-state index in [-0.39, 0.29) is 30.3 Å². The Morgan fingerprint density at radius 2 is 2.16 bits per heavy atom. The van der Waals surface area contributed by atoms with Gasteiger partial charge in [0.15, 0.2) is 0 Å². The average molecular weight is 370 g/mol. The number of ether oxygens (including phenoxy) is 1. The van der Waals surface area contributed by atoms with Crippen LogP contribution in [0.15, 0.2) is 28.1 Å². The number of carboxylic acids is 1. The maximum Gasteiger partial charge on any atom is 0.413 e. The molecule has 1 aromatic rings. The Bertz CT molecular complexity index is 679. The summed E-state index contributed by atoms with van der Waals surface area (Å²) in [6, 6.07) is 4.51. The minimum Gasteiger partial charge on any atom is -0.481 e. The molecule has 0 aliphatic rings. The van der Waals surface area contributed by atoms with Crippen molar-refractivity contribution in [2.45, 2.75) is 18.2 Å². The number of aliphatic carboxylic acids is 1. The number of carboxylic acid groups (broad SMARTS) is 1. The molecule has 0 unspecified atom stereocenters. The third-order valence-corrected chi connectivity index (χ3v) is 3.61. The van der Waals surface area contributed by atoms with Gasteiger partial charge < -0.3 is 15.2 Å². The average Bonchev–Trinajstić information content (AvgIpc) is 2.54. The Morgan fingerprint density at radius 3 is 2.72 bits per heavy atom. The molecule has 0 fully saturated rings. The summed E-state index contributed by atoms with van der Waals surface area (Å²) in [5.41, 5.74) is -0.0908. The van der Waals surface area contributed by atoms with Crippen LogP contribution in [0.1, 0.15) is 13.3 Å². The van der Waals surface area contributed by atoms with Crippen molar-refractivity contribution in [3.63, 3.8) is 0 Å². The van der Waals surface area contributed by atoms with Crippen LogP contribution in [0.3, 0.4) is 0 Å². The molecular formula is C14H18N4O6S. The van der Waals surface area contributed by atoms with E-state index in [9.17, 15) is 19.7 Å². The summed E-state index contributed by atoms with van der Waals surface area (Å²) in [6.45, 7) is 1.82. The maximum atomic E-state index is 11.4. The smallest absolute Gasteiger partial charge is 0.413 e. The lowest BCUT2D eigenvalue weighted by Crippen LogP contribution is -2.36. The van der Waals surface area contributed by atoms with E-state index in [0.29, 0.717) is 0 Å². The first kappa shape index (κ1) is 20.2. The molecular weight excluding hydrogens is 352 g/mol. The van der Waals surface area contributed by atoms with Crippen LogP contribution in [0, 0.1) is 10.1 Å². The number of hydrogen-bond donors (Lipinski definition) is 3. The second kappa shape index (κ2) is 10.1. The number of rotatable bonds is 7.